The van der Waals surface area contributed by atoms with Gasteiger partial charge in [0.15, 0.2) is 0 Å². The number of Topliss-reactive ketones (excluding diaryl/α,β-unsaturated/α-hetero) is 1. The summed E-state index contributed by atoms with van der Waals surface area (Å²) in [6, 6.07) is 17.0. The Balaban J connectivity index is 1.78. The summed E-state index contributed by atoms with van der Waals surface area (Å²) < 4.78 is 1.81. The van der Waals surface area contributed by atoms with E-state index in [1.807, 2.05) is 48.9 Å². The van der Waals surface area contributed by atoms with Crippen LogP contribution < -0.4 is 0 Å². The van der Waals surface area contributed by atoms with E-state index in [4.69, 9.17) is 11.6 Å². The summed E-state index contributed by atoms with van der Waals surface area (Å²) >= 11 is 6.01. The van der Waals surface area contributed by atoms with Crippen molar-refractivity contribution in [2.45, 2.75) is 13.8 Å². The molecule has 0 amide bonds. The van der Waals surface area contributed by atoms with Crippen LogP contribution in [-0.2, 0) is 0 Å². The number of ketones is 1. The van der Waals surface area contributed by atoms with Crippen molar-refractivity contribution in [1.29, 1.82) is 5.26 Å². The second-order valence-corrected chi connectivity index (χ2v) is 7.16. The summed E-state index contributed by atoms with van der Waals surface area (Å²) in [5.74, 6) is -0.340. The molecule has 0 atom stereocenters. The standard InChI is InChI=1S/C23H17ClN4O/c1-14-20(15(2)28(27-14)18-6-4-3-5-7-18)10-16(12-25)23(29)21-13-26-22-11-17(24)8-9-19(21)22/h3-11,13,26H,1-2H3/b16-10+. The van der Waals surface area contributed by atoms with Gasteiger partial charge in [-0.25, -0.2) is 4.68 Å². The molecule has 0 bridgehead atoms. The number of carbonyl (C=O) groups excluding carboxylic acids is 1. The highest BCUT2D eigenvalue weighted by Gasteiger charge is 2.19. The number of carbonyl (C=O) groups is 1. The average Bonchev–Trinajstić information content (AvgIpc) is 3.27. The molecular formula is C23H17ClN4O. The molecule has 0 saturated heterocycles. The normalized spacial score (nSPS) is 11.6. The fourth-order valence-corrected chi connectivity index (χ4v) is 3.58. The zero-order valence-electron chi connectivity index (χ0n) is 15.9. The number of hydrogen-bond donors (Lipinski definition) is 1. The molecule has 0 fully saturated rings. The Bertz CT molecular complexity index is 1310. The maximum Gasteiger partial charge on any atom is 0.205 e. The number of allylic oxidation sites excluding steroid dienone is 1. The van der Waals surface area contributed by atoms with Gasteiger partial charge in [-0.3, -0.25) is 4.79 Å². The van der Waals surface area contributed by atoms with Crippen LogP contribution in [0.4, 0.5) is 0 Å². The summed E-state index contributed by atoms with van der Waals surface area (Å²) in [4.78, 5) is 16.1. The van der Waals surface area contributed by atoms with E-state index in [1.54, 1.807) is 30.5 Å². The van der Waals surface area contributed by atoms with Crippen molar-refractivity contribution in [2.75, 3.05) is 0 Å². The van der Waals surface area contributed by atoms with Crippen LogP contribution >= 0.6 is 11.6 Å². The van der Waals surface area contributed by atoms with Gasteiger partial charge in [0.25, 0.3) is 0 Å². The van der Waals surface area contributed by atoms with Crippen LogP contribution in [0.3, 0.4) is 0 Å². The number of hydrogen-bond acceptors (Lipinski definition) is 3. The molecule has 0 spiro atoms. The predicted octanol–water partition coefficient (Wildman–Crippen LogP) is 5.41. The number of H-pyrrole nitrogens is 1. The number of nitrogens with one attached hydrogen (secondary N) is 1. The van der Waals surface area contributed by atoms with Crippen molar-refractivity contribution < 1.29 is 4.79 Å². The highest BCUT2D eigenvalue weighted by Crippen LogP contribution is 2.26. The summed E-state index contributed by atoms with van der Waals surface area (Å²) in [5, 5.41) is 15.6. The number of nitrogens with zero attached hydrogens (tertiary/aromatic N) is 3. The second-order valence-electron chi connectivity index (χ2n) is 6.72. The lowest BCUT2D eigenvalue weighted by Gasteiger charge is -2.04. The zero-order chi connectivity index (χ0) is 20.5. The molecule has 0 aliphatic heterocycles. The third-order valence-electron chi connectivity index (χ3n) is 4.89. The van der Waals surface area contributed by atoms with E-state index in [-0.39, 0.29) is 11.4 Å². The fourth-order valence-electron chi connectivity index (χ4n) is 3.41. The molecule has 5 nitrogen and oxygen atoms in total. The molecule has 29 heavy (non-hydrogen) atoms. The van der Waals surface area contributed by atoms with Gasteiger partial charge in [0.05, 0.1) is 11.4 Å². The van der Waals surface area contributed by atoms with E-state index in [2.05, 4.69) is 16.2 Å². The Morgan fingerprint density at radius 3 is 2.69 bits per heavy atom. The molecule has 0 radical (unpaired) electrons. The SMILES string of the molecule is Cc1nn(-c2ccccc2)c(C)c1/C=C(\C#N)C(=O)c1c[nH]c2cc(Cl)ccc12. The number of fused-ring (bicyclic) bond motifs is 1. The molecule has 0 unspecified atom stereocenters. The number of benzene rings is 2. The molecule has 1 N–H and O–H groups in total. The lowest BCUT2D eigenvalue weighted by Crippen LogP contribution is -2.02. The van der Waals surface area contributed by atoms with E-state index in [0.717, 1.165) is 33.5 Å². The number of rotatable bonds is 4. The van der Waals surface area contributed by atoms with E-state index in [1.165, 1.54) is 0 Å². The molecule has 2 aromatic heterocycles. The Kier molecular flexibility index (Phi) is 4.79. The number of halogens is 1. The largest absolute Gasteiger partial charge is 0.360 e. The van der Waals surface area contributed by atoms with E-state index in [9.17, 15) is 10.1 Å². The first-order valence-electron chi connectivity index (χ1n) is 9.04. The molecule has 142 valence electrons. The Morgan fingerprint density at radius 2 is 1.97 bits per heavy atom. The van der Waals surface area contributed by atoms with Gasteiger partial charge in [0.1, 0.15) is 11.6 Å². The monoisotopic (exact) mass is 400 g/mol. The van der Waals surface area contributed by atoms with Crippen LogP contribution in [0.2, 0.25) is 5.02 Å². The number of aromatic nitrogens is 3. The molecule has 0 saturated carbocycles. The lowest BCUT2D eigenvalue weighted by atomic mass is 10.0. The van der Waals surface area contributed by atoms with Crippen LogP contribution in [0, 0.1) is 25.2 Å². The third-order valence-corrected chi connectivity index (χ3v) is 5.13. The second kappa shape index (κ2) is 7.42. The zero-order valence-corrected chi connectivity index (χ0v) is 16.7. The molecular weight excluding hydrogens is 384 g/mol. The fraction of sp³-hybridized carbons (Fsp3) is 0.0870. The molecule has 6 heteroatoms. The molecule has 4 rings (SSSR count). The van der Waals surface area contributed by atoms with Crippen molar-refractivity contribution in [2.24, 2.45) is 0 Å². The van der Waals surface area contributed by atoms with Gasteiger partial charge in [0, 0.05) is 38.9 Å². The molecule has 4 aromatic rings. The first-order valence-corrected chi connectivity index (χ1v) is 9.42. The van der Waals surface area contributed by atoms with Crippen molar-refractivity contribution >= 4 is 34.4 Å². The van der Waals surface area contributed by atoms with Gasteiger partial charge in [-0.15, -0.1) is 0 Å². The minimum absolute atomic E-state index is 0.0552. The summed E-state index contributed by atoms with van der Waals surface area (Å²) in [6.07, 6.45) is 3.23. The molecule has 2 aromatic carbocycles. The van der Waals surface area contributed by atoms with Gasteiger partial charge in [0.2, 0.25) is 5.78 Å². The number of para-hydroxylation sites is 1. The van der Waals surface area contributed by atoms with Crippen molar-refractivity contribution in [3.8, 4) is 11.8 Å². The Hall–Kier alpha value is -3.62. The summed E-state index contributed by atoms with van der Waals surface area (Å²) in [7, 11) is 0. The molecule has 0 aliphatic rings. The van der Waals surface area contributed by atoms with E-state index < -0.39 is 0 Å². The predicted molar refractivity (Wildman–Crippen MR) is 114 cm³/mol. The van der Waals surface area contributed by atoms with Gasteiger partial charge >= 0.3 is 0 Å². The van der Waals surface area contributed by atoms with Gasteiger partial charge < -0.3 is 4.98 Å². The summed E-state index contributed by atoms with van der Waals surface area (Å²) in [6.45, 7) is 3.79. The van der Waals surface area contributed by atoms with Crippen LogP contribution in [0.5, 0.6) is 0 Å². The molecule has 0 aliphatic carbocycles. The van der Waals surface area contributed by atoms with Crippen LogP contribution in [0.1, 0.15) is 27.3 Å². The minimum Gasteiger partial charge on any atom is -0.360 e. The number of aryl methyl sites for hydroxylation is 1. The minimum atomic E-state index is -0.340. The third kappa shape index (κ3) is 3.35. The van der Waals surface area contributed by atoms with Crippen molar-refractivity contribution in [3.05, 3.63) is 87.8 Å². The van der Waals surface area contributed by atoms with E-state index in [0.29, 0.717) is 10.6 Å². The summed E-state index contributed by atoms with van der Waals surface area (Å²) in [5.41, 5.74) is 4.54. The quantitative estimate of drug-likeness (QED) is 0.282. The highest BCUT2D eigenvalue weighted by molar-refractivity contribution is 6.31. The van der Waals surface area contributed by atoms with Gasteiger partial charge in [-0.2, -0.15) is 10.4 Å². The Labute approximate surface area is 172 Å². The topological polar surface area (TPSA) is 74.5 Å². The average molecular weight is 401 g/mol. The van der Waals surface area contributed by atoms with Gasteiger partial charge in [-0.1, -0.05) is 35.9 Å². The van der Waals surface area contributed by atoms with E-state index >= 15 is 0 Å². The maximum atomic E-state index is 13.1. The van der Waals surface area contributed by atoms with Crippen LogP contribution in [-0.4, -0.2) is 20.5 Å². The maximum absolute atomic E-state index is 13.1. The first-order chi connectivity index (χ1) is 14.0. The highest BCUT2D eigenvalue weighted by atomic mass is 35.5. The number of aromatic amines is 1. The Morgan fingerprint density at radius 1 is 1.21 bits per heavy atom. The first kappa shape index (κ1) is 18.7. The smallest absolute Gasteiger partial charge is 0.205 e. The van der Waals surface area contributed by atoms with Crippen molar-refractivity contribution in [3.63, 3.8) is 0 Å². The van der Waals surface area contributed by atoms with Gasteiger partial charge in [-0.05, 0) is 44.2 Å². The van der Waals surface area contributed by atoms with Crippen LogP contribution in [0.25, 0.3) is 22.7 Å². The number of nitriles is 1. The van der Waals surface area contributed by atoms with Crippen LogP contribution in [0.15, 0.2) is 60.3 Å². The lowest BCUT2D eigenvalue weighted by molar-refractivity contribution is 0.104. The van der Waals surface area contributed by atoms with Crippen molar-refractivity contribution in [1.82, 2.24) is 14.8 Å². The molecule has 2 heterocycles.